The van der Waals surface area contributed by atoms with Gasteiger partial charge in [-0.3, -0.25) is 4.98 Å². The lowest BCUT2D eigenvalue weighted by Crippen LogP contribution is -2.41. The fraction of sp³-hybridized carbons (Fsp3) is 0.667. The first-order valence-corrected chi connectivity index (χ1v) is 6.88. The van der Waals surface area contributed by atoms with Gasteiger partial charge in [-0.15, -0.1) is 0 Å². The Balaban J connectivity index is 2.18. The van der Waals surface area contributed by atoms with Crippen molar-refractivity contribution in [2.24, 2.45) is 5.92 Å². The summed E-state index contributed by atoms with van der Waals surface area (Å²) in [6.07, 6.45) is 9.19. The molecule has 0 bridgehead atoms. The van der Waals surface area contributed by atoms with Crippen LogP contribution in [0.2, 0.25) is 0 Å². The molecule has 0 radical (unpaired) electrons. The molecule has 1 N–H and O–H groups in total. The van der Waals surface area contributed by atoms with Crippen LogP contribution in [0.15, 0.2) is 24.5 Å². The fourth-order valence-electron chi connectivity index (χ4n) is 2.95. The van der Waals surface area contributed by atoms with Gasteiger partial charge in [0.1, 0.15) is 0 Å². The molecular weight excluding hydrogens is 208 g/mol. The number of pyridine rings is 1. The van der Waals surface area contributed by atoms with Crippen LogP contribution in [0.5, 0.6) is 0 Å². The topological polar surface area (TPSA) is 24.9 Å². The molecule has 94 valence electrons. The molecule has 0 saturated heterocycles. The second kappa shape index (κ2) is 5.63. The van der Waals surface area contributed by atoms with Crippen molar-refractivity contribution in [3.63, 3.8) is 0 Å². The summed E-state index contributed by atoms with van der Waals surface area (Å²) < 4.78 is 0. The Morgan fingerprint density at radius 3 is 2.53 bits per heavy atom. The maximum atomic E-state index is 4.15. The highest BCUT2D eigenvalue weighted by Crippen LogP contribution is 2.40. The summed E-state index contributed by atoms with van der Waals surface area (Å²) in [5.41, 5.74) is 1.83. The second-order valence-corrected chi connectivity index (χ2v) is 5.48. The van der Waals surface area contributed by atoms with Crippen molar-refractivity contribution < 1.29 is 0 Å². The van der Waals surface area contributed by atoms with Gasteiger partial charge in [-0.2, -0.15) is 0 Å². The first kappa shape index (κ1) is 12.6. The molecule has 17 heavy (non-hydrogen) atoms. The standard InChI is InChI=1S/C15H24N2/c1-3-16-12-15(8-4-13(2)5-9-15)14-6-10-17-11-7-14/h6-7,10-11,13,16H,3-5,8-9,12H2,1-2H3. The van der Waals surface area contributed by atoms with Crippen LogP contribution in [0.25, 0.3) is 0 Å². The van der Waals surface area contributed by atoms with Gasteiger partial charge < -0.3 is 5.32 Å². The Morgan fingerprint density at radius 2 is 1.94 bits per heavy atom. The van der Waals surface area contributed by atoms with Crippen molar-refractivity contribution in [3.8, 4) is 0 Å². The summed E-state index contributed by atoms with van der Waals surface area (Å²) in [6.45, 7) is 6.73. The van der Waals surface area contributed by atoms with Crippen LogP contribution < -0.4 is 5.32 Å². The highest BCUT2D eigenvalue weighted by molar-refractivity contribution is 5.24. The zero-order valence-electron chi connectivity index (χ0n) is 11.1. The van der Waals surface area contributed by atoms with Crippen LogP contribution in [-0.4, -0.2) is 18.1 Å². The van der Waals surface area contributed by atoms with Crippen LogP contribution in [0.3, 0.4) is 0 Å². The van der Waals surface area contributed by atoms with E-state index in [1.54, 1.807) is 0 Å². The van der Waals surface area contributed by atoms with Crippen LogP contribution in [0.4, 0.5) is 0 Å². The summed E-state index contributed by atoms with van der Waals surface area (Å²) in [7, 11) is 0. The van der Waals surface area contributed by atoms with Crippen LogP contribution in [0.1, 0.15) is 45.1 Å². The molecule has 1 aromatic rings. The normalized spacial score (nSPS) is 29.2. The van der Waals surface area contributed by atoms with Crippen molar-refractivity contribution in [2.45, 2.75) is 44.9 Å². The van der Waals surface area contributed by atoms with Crippen molar-refractivity contribution >= 4 is 0 Å². The maximum absolute atomic E-state index is 4.15. The smallest absolute Gasteiger partial charge is 0.0270 e. The molecule has 1 aliphatic carbocycles. The Morgan fingerprint density at radius 1 is 1.29 bits per heavy atom. The molecule has 0 unspecified atom stereocenters. The van der Waals surface area contributed by atoms with Gasteiger partial charge in [-0.05, 0) is 55.8 Å². The van der Waals surface area contributed by atoms with Gasteiger partial charge >= 0.3 is 0 Å². The van der Waals surface area contributed by atoms with Crippen LogP contribution >= 0.6 is 0 Å². The van der Waals surface area contributed by atoms with E-state index in [-0.39, 0.29) is 0 Å². The van der Waals surface area contributed by atoms with E-state index in [0.717, 1.165) is 19.0 Å². The molecular formula is C15H24N2. The van der Waals surface area contributed by atoms with Crippen LogP contribution in [0, 0.1) is 5.92 Å². The number of hydrogen-bond acceptors (Lipinski definition) is 2. The predicted octanol–water partition coefficient (Wildman–Crippen LogP) is 3.14. The molecule has 1 aromatic heterocycles. The summed E-state index contributed by atoms with van der Waals surface area (Å²) in [5.74, 6) is 0.895. The third kappa shape index (κ3) is 2.86. The summed E-state index contributed by atoms with van der Waals surface area (Å²) in [4.78, 5) is 4.15. The largest absolute Gasteiger partial charge is 0.316 e. The van der Waals surface area contributed by atoms with Crippen molar-refractivity contribution in [1.82, 2.24) is 10.3 Å². The lowest BCUT2D eigenvalue weighted by atomic mass is 9.67. The van der Waals surface area contributed by atoms with Gasteiger partial charge in [-0.1, -0.05) is 13.8 Å². The monoisotopic (exact) mass is 232 g/mol. The molecule has 0 amide bonds. The van der Waals surface area contributed by atoms with Gasteiger partial charge in [0, 0.05) is 24.4 Å². The highest BCUT2D eigenvalue weighted by Gasteiger charge is 2.35. The molecule has 0 spiro atoms. The van der Waals surface area contributed by atoms with E-state index >= 15 is 0 Å². The molecule has 2 rings (SSSR count). The van der Waals surface area contributed by atoms with Gasteiger partial charge in [0.15, 0.2) is 0 Å². The molecule has 0 aromatic carbocycles. The first-order valence-electron chi connectivity index (χ1n) is 6.88. The molecule has 2 heteroatoms. The number of aromatic nitrogens is 1. The number of hydrogen-bond donors (Lipinski definition) is 1. The first-order chi connectivity index (χ1) is 8.27. The van der Waals surface area contributed by atoms with Crippen molar-refractivity contribution in [1.29, 1.82) is 0 Å². The molecule has 1 heterocycles. The average molecular weight is 232 g/mol. The number of likely N-dealkylation sites (N-methyl/N-ethyl adjacent to an activating group) is 1. The maximum Gasteiger partial charge on any atom is 0.0270 e. The minimum absolute atomic E-state index is 0.353. The van der Waals surface area contributed by atoms with E-state index in [1.807, 2.05) is 12.4 Å². The third-order valence-electron chi connectivity index (χ3n) is 4.24. The van der Waals surface area contributed by atoms with E-state index in [1.165, 1.54) is 31.2 Å². The molecule has 1 saturated carbocycles. The van der Waals surface area contributed by atoms with Gasteiger partial charge in [-0.25, -0.2) is 0 Å². The van der Waals surface area contributed by atoms with Gasteiger partial charge in [0.25, 0.3) is 0 Å². The Kier molecular flexibility index (Phi) is 4.16. The van der Waals surface area contributed by atoms with E-state index < -0.39 is 0 Å². The molecule has 0 atom stereocenters. The minimum Gasteiger partial charge on any atom is -0.316 e. The Hall–Kier alpha value is -0.890. The molecule has 1 aliphatic rings. The minimum atomic E-state index is 0.353. The SMILES string of the molecule is CCNCC1(c2ccncc2)CCC(C)CC1. The quantitative estimate of drug-likeness (QED) is 0.862. The van der Waals surface area contributed by atoms with Crippen molar-refractivity contribution in [3.05, 3.63) is 30.1 Å². The zero-order valence-corrected chi connectivity index (χ0v) is 11.1. The van der Waals surface area contributed by atoms with Gasteiger partial charge in [0.05, 0.1) is 0 Å². The third-order valence-corrected chi connectivity index (χ3v) is 4.24. The molecule has 2 nitrogen and oxygen atoms in total. The molecule has 0 aliphatic heterocycles. The fourth-order valence-corrected chi connectivity index (χ4v) is 2.95. The molecule has 1 fully saturated rings. The average Bonchev–Trinajstić information content (AvgIpc) is 2.40. The van der Waals surface area contributed by atoms with E-state index in [4.69, 9.17) is 0 Å². The predicted molar refractivity (Wildman–Crippen MR) is 72.1 cm³/mol. The van der Waals surface area contributed by atoms with Crippen molar-refractivity contribution in [2.75, 3.05) is 13.1 Å². The Labute approximate surface area is 105 Å². The van der Waals surface area contributed by atoms with Gasteiger partial charge in [0.2, 0.25) is 0 Å². The van der Waals surface area contributed by atoms with E-state index in [0.29, 0.717) is 5.41 Å². The number of rotatable bonds is 4. The Bertz CT molecular complexity index is 321. The lowest BCUT2D eigenvalue weighted by Gasteiger charge is -2.40. The summed E-state index contributed by atoms with van der Waals surface area (Å²) in [5, 5.41) is 3.55. The van der Waals surface area contributed by atoms with E-state index in [2.05, 4.69) is 36.3 Å². The van der Waals surface area contributed by atoms with Crippen LogP contribution in [-0.2, 0) is 5.41 Å². The summed E-state index contributed by atoms with van der Waals surface area (Å²) in [6, 6.07) is 4.40. The zero-order chi connectivity index (χ0) is 12.1. The second-order valence-electron chi connectivity index (χ2n) is 5.48. The lowest BCUT2D eigenvalue weighted by molar-refractivity contribution is 0.234. The number of nitrogens with one attached hydrogen (secondary N) is 1. The number of nitrogens with zero attached hydrogens (tertiary/aromatic N) is 1. The summed E-state index contributed by atoms with van der Waals surface area (Å²) >= 11 is 0. The van der Waals surface area contributed by atoms with E-state index in [9.17, 15) is 0 Å². The highest BCUT2D eigenvalue weighted by atomic mass is 14.9.